The number of ether oxygens (including phenoxy) is 1. The van der Waals surface area contributed by atoms with Gasteiger partial charge in [-0.15, -0.1) is 0 Å². The predicted octanol–water partition coefficient (Wildman–Crippen LogP) is 2.71. The second-order valence-corrected chi connectivity index (χ2v) is 7.42. The van der Waals surface area contributed by atoms with Gasteiger partial charge in [-0.25, -0.2) is 4.79 Å². The number of carbonyl (C=O) groups is 1. The second kappa shape index (κ2) is 8.73. The first-order valence-electron chi connectivity index (χ1n) is 8.64. The van der Waals surface area contributed by atoms with Gasteiger partial charge in [0.2, 0.25) is 0 Å². The summed E-state index contributed by atoms with van der Waals surface area (Å²) < 4.78 is 5.42. The van der Waals surface area contributed by atoms with E-state index in [1.165, 1.54) is 12.8 Å². The molecule has 5 heteroatoms. The van der Waals surface area contributed by atoms with Gasteiger partial charge in [0, 0.05) is 25.2 Å². The van der Waals surface area contributed by atoms with E-state index < -0.39 is 5.60 Å². The molecule has 0 bridgehead atoms. The molecule has 0 aliphatic carbocycles. The van der Waals surface area contributed by atoms with Gasteiger partial charge in [0.25, 0.3) is 0 Å². The minimum Gasteiger partial charge on any atom is -0.444 e. The molecule has 1 fully saturated rings. The number of piperidine rings is 1. The quantitative estimate of drug-likeness (QED) is 0.766. The third-order valence-corrected chi connectivity index (χ3v) is 4.28. The summed E-state index contributed by atoms with van der Waals surface area (Å²) in [6, 6.07) is 1.27. The first kappa shape index (κ1) is 19.2. The van der Waals surface area contributed by atoms with Gasteiger partial charge < -0.3 is 19.9 Å². The maximum Gasteiger partial charge on any atom is 0.410 e. The van der Waals surface area contributed by atoms with Crippen molar-refractivity contribution in [2.45, 2.75) is 71.6 Å². The highest BCUT2D eigenvalue weighted by Gasteiger charge is 2.23. The van der Waals surface area contributed by atoms with Crippen molar-refractivity contribution < 1.29 is 9.53 Å². The van der Waals surface area contributed by atoms with Crippen molar-refractivity contribution in [3.63, 3.8) is 0 Å². The molecule has 0 radical (unpaired) electrons. The van der Waals surface area contributed by atoms with E-state index in [1.54, 1.807) is 4.90 Å². The minimum absolute atomic E-state index is 0.206. The van der Waals surface area contributed by atoms with Gasteiger partial charge in [-0.05, 0) is 74.0 Å². The summed E-state index contributed by atoms with van der Waals surface area (Å²) >= 11 is 0. The molecule has 0 aromatic rings. The average molecular weight is 313 g/mol. The third kappa shape index (κ3) is 6.97. The van der Waals surface area contributed by atoms with E-state index >= 15 is 0 Å². The molecule has 2 unspecified atom stereocenters. The highest BCUT2D eigenvalue weighted by Crippen LogP contribution is 2.15. The molecule has 0 saturated carbocycles. The SMILES string of the molecule is CCN(CCCNC1CCN(C)C(C)C1)C(=O)OC(C)(C)C. The molecule has 2 atom stereocenters. The lowest BCUT2D eigenvalue weighted by molar-refractivity contribution is 0.0258. The third-order valence-electron chi connectivity index (χ3n) is 4.28. The van der Waals surface area contributed by atoms with Crippen LogP contribution in [0.25, 0.3) is 0 Å². The van der Waals surface area contributed by atoms with Crippen LogP contribution in [0.5, 0.6) is 0 Å². The lowest BCUT2D eigenvalue weighted by atomic mass is 9.99. The molecule has 22 heavy (non-hydrogen) atoms. The van der Waals surface area contributed by atoms with Crippen LogP contribution < -0.4 is 5.32 Å². The molecule has 1 aliphatic heterocycles. The van der Waals surface area contributed by atoms with E-state index in [2.05, 4.69) is 24.2 Å². The summed E-state index contributed by atoms with van der Waals surface area (Å²) in [6.45, 7) is 13.6. The van der Waals surface area contributed by atoms with E-state index in [0.29, 0.717) is 18.6 Å². The van der Waals surface area contributed by atoms with Gasteiger partial charge in [-0.1, -0.05) is 0 Å². The Morgan fingerprint density at radius 1 is 1.41 bits per heavy atom. The Labute approximate surface area is 136 Å². The number of hydrogen-bond donors (Lipinski definition) is 1. The van der Waals surface area contributed by atoms with Crippen LogP contribution in [-0.2, 0) is 4.74 Å². The maximum absolute atomic E-state index is 12.0. The van der Waals surface area contributed by atoms with Crippen LogP contribution in [0.15, 0.2) is 0 Å². The molecular weight excluding hydrogens is 278 g/mol. The van der Waals surface area contributed by atoms with Crippen LogP contribution >= 0.6 is 0 Å². The molecule has 1 saturated heterocycles. The zero-order valence-corrected chi connectivity index (χ0v) is 15.3. The molecule has 5 nitrogen and oxygen atoms in total. The summed E-state index contributed by atoms with van der Waals surface area (Å²) in [6.07, 6.45) is 3.18. The van der Waals surface area contributed by atoms with E-state index in [9.17, 15) is 4.79 Å². The van der Waals surface area contributed by atoms with Crippen LogP contribution in [0.4, 0.5) is 4.79 Å². The molecule has 0 aromatic heterocycles. The molecule has 1 heterocycles. The number of hydrogen-bond acceptors (Lipinski definition) is 4. The fourth-order valence-corrected chi connectivity index (χ4v) is 2.76. The molecule has 1 amide bonds. The van der Waals surface area contributed by atoms with Crippen molar-refractivity contribution in [3.8, 4) is 0 Å². The number of nitrogens with one attached hydrogen (secondary N) is 1. The van der Waals surface area contributed by atoms with Gasteiger partial charge >= 0.3 is 6.09 Å². The highest BCUT2D eigenvalue weighted by molar-refractivity contribution is 5.68. The molecule has 0 spiro atoms. The van der Waals surface area contributed by atoms with Crippen LogP contribution in [0.3, 0.4) is 0 Å². The summed E-state index contributed by atoms with van der Waals surface area (Å²) in [5, 5.41) is 3.63. The Morgan fingerprint density at radius 2 is 2.09 bits per heavy atom. The minimum atomic E-state index is -0.424. The Hall–Kier alpha value is -0.810. The Bertz CT molecular complexity index is 341. The summed E-state index contributed by atoms with van der Waals surface area (Å²) in [5.74, 6) is 0. The summed E-state index contributed by atoms with van der Waals surface area (Å²) in [7, 11) is 2.20. The first-order valence-corrected chi connectivity index (χ1v) is 8.64. The van der Waals surface area contributed by atoms with E-state index in [1.807, 2.05) is 27.7 Å². The van der Waals surface area contributed by atoms with Gasteiger partial charge in [-0.2, -0.15) is 0 Å². The van der Waals surface area contributed by atoms with Gasteiger partial charge in [0.1, 0.15) is 5.60 Å². The molecule has 0 aromatic carbocycles. The van der Waals surface area contributed by atoms with Crippen LogP contribution in [0.1, 0.15) is 53.9 Å². The fourth-order valence-electron chi connectivity index (χ4n) is 2.76. The van der Waals surface area contributed by atoms with E-state index in [-0.39, 0.29) is 6.09 Å². The fraction of sp³-hybridized carbons (Fsp3) is 0.941. The van der Waals surface area contributed by atoms with Crippen LogP contribution in [-0.4, -0.2) is 66.8 Å². The Kier molecular flexibility index (Phi) is 7.63. The van der Waals surface area contributed by atoms with Crippen molar-refractivity contribution in [2.24, 2.45) is 0 Å². The predicted molar refractivity (Wildman–Crippen MR) is 91.2 cm³/mol. The topological polar surface area (TPSA) is 44.8 Å². The van der Waals surface area contributed by atoms with Crippen molar-refractivity contribution in [1.82, 2.24) is 15.1 Å². The molecule has 1 N–H and O–H groups in total. The van der Waals surface area contributed by atoms with E-state index in [0.717, 1.165) is 26.1 Å². The number of likely N-dealkylation sites (tertiary alicyclic amines) is 1. The van der Waals surface area contributed by atoms with Gasteiger partial charge in [0.15, 0.2) is 0 Å². The van der Waals surface area contributed by atoms with E-state index in [4.69, 9.17) is 4.74 Å². The van der Waals surface area contributed by atoms with Crippen molar-refractivity contribution in [1.29, 1.82) is 0 Å². The van der Waals surface area contributed by atoms with Crippen molar-refractivity contribution in [3.05, 3.63) is 0 Å². The van der Waals surface area contributed by atoms with Crippen molar-refractivity contribution in [2.75, 3.05) is 33.2 Å². The maximum atomic E-state index is 12.0. The second-order valence-electron chi connectivity index (χ2n) is 7.42. The Balaban J connectivity index is 2.23. The number of nitrogens with zero attached hydrogens (tertiary/aromatic N) is 2. The lowest BCUT2D eigenvalue weighted by Crippen LogP contribution is -2.46. The summed E-state index contributed by atoms with van der Waals surface area (Å²) in [4.78, 5) is 16.2. The number of carbonyl (C=O) groups excluding carboxylic acids is 1. The Morgan fingerprint density at radius 3 is 2.64 bits per heavy atom. The van der Waals surface area contributed by atoms with Gasteiger partial charge in [0.05, 0.1) is 0 Å². The number of amides is 1. The zero-order chi connectivity index (χ0) is 16.8. The van der Waals surface area contributed by atoms with Crippen LogP contribution in [0.2, 0.25) is 0 Å². The van der Waals surface area contributed by atoms with Gasteiger partial charge in [-0.3, -0.25) is 0 Å². The lowest BCUT2D eigenvalue weighted by Gasteiger charge is -2.35. The molecular formula is C17H35N3O2. The normalized spacial score (nSPS) is 23.4. The molecule has 1 aliphatic rings. The smallest absolute Gasteiger partial charge is 0.410 e. The highest BCUT2D eigenvalue weighted by atomic mass is 16.6. The van der Waals surface area contributed by atoms with Crippen LogP contribution in [0, 0.1) is 0 Å². The number of rotatable bonds is 6. The summed E-state index contributed by atoms with van der Waals surface area (Å²) in [5.41, 5.74) is -0.424. The molecule has 130 valence electrons. The first-order chi connectivity index (χ1) is 10.2. The average Bonchev–Trinajstić information content (AvgIpc) is 2.40. The monoisotopic (exact) mass is 313 g/mol. The van der Waals surface area contributed by atoms with Crippen molar-refractivity contribution >= 4 is 6.09 Å². The zero-order valence-electron chi connectivity index (χ0n) is 15.3. The molecule has 1 rings (SSSR count). The largest absolute Gasteiger partial charge is 0.444 e. The standard InChI is InChI=1S/C17H35N3O2/c1-7-20(16(21)22-17(3,4)5)11-8-10-18-15-9-12-19(6)14(2)13-15/h14-15,18H,7-13H2,1-6H3.